The summed E-state index contributed by atoms with van der Waals surface area (Å²) in [5.41, 5.74) is 8.86. The van der Waals surface area contributed by atoms with E-state index in [1.165, 1.54) is 0 Å². The minimum Gasteiger partial charge on any atom is -0.256 e. The van der Waals surface area contributed by atoms with Crippen LogP contribution < -0.4 is 0 Å². The largest absolute Gasteiger partial charge is 0.256 e. The molecule has 3 aromatic carbocycles. The number of hydrogen-bond donors (Lipinski definition) is 0. The summed E-state index contributed by atoms with van der Waals surface area (Å²) in [6.45, 7) is 8.22. The number of allylic oxidation sites excluding steroid dienone is 1. The van der Waals surface area contributed by atoms with Crippen LogP contribution in [-0.2, 0) is 0 Å². The van der Waals surface area contributed by atoms with E-state index < -0.39 is 0 Å². The third-order valence-electron chi connectivity index (χ3n) is 5.41. The second kappa shape index (κ2) is 7.08. The molecule has 0 spiro atoms. The lowest BCUT2D eigenvalue weighted by Gasteiger charge is -2.16. The minimum absolute atomic E-state index is 0.675. The maximum absolute atomic E-state index is 6.50. The Morgan fingerprint density at radius 1 is 1.00 bits per heavy atom. The quantitative estimate of drug-likeness (QED) is 0.335. The molecule has 0 radical (unpaired) electrons. The Kier molecular flexibility index (Phi) is 4.37. The van der Waals surface area contributed by atoms with Gasteiger partial charge in [-0.1, -0.05) is 47.2 Å². The summed E-state index contributed by atoms with van der Waals surface area (Å²) in [4.78, 5) is 4.68. The van der Waals surface area contributed by atoms with Crippen LogP contribution in [0.25, 0.3) is 44.3 Å². The van der Waals surface area contributed by atoms with Crippen LogP contribution in [0.15, 0.2) is 73.4 Å². The lowest BCUT2D eigenvalue weighted by Crippen LogP contribution is -1.99. The fraction of sp³-hybridized carbons (Fsp3) is 0.0800. The molecule has 0 atom stereocenters. The van der Waals surface area contributed by atoms with E-state index >= 15 is 0 Å². The third kappa shape index (κ3) is 2.97. The molecule has 146 valence electrons. The van der Waals surface area contributed by atoms with E-state index in [4.69, 9.17) is 11.6 Å². The standard InChI is InChI=1S/C25H19ClN4/c1-15(2)20-12-18(26)13-21(16(20)3)22-14-19(11-17-7-6-10-27-25(17)22)30-24-9-5-4-8-23(24)28-29-30/h4-14H,1H2,2-3H3. The molecule has 30 heavy (non-hydrogen) atoms. The van der Waals surface area contributed by atoms with Gasteiger partial charge >= 0.3 is 0 Å². The van der Waals surface area contributed by atoms with Crippen molar-refractivity contribution in [3.8, 4) is 16.8 Å². The fourth-order valence-electron chi connectivity index (χ4n) is 3.97. The highest BCUT2D eigenvalue weighted by Gasteiger charge is 2.16. The summed E-state index contributed by atoms with van der Waals surface area (Å²) in [5.74, 6) is 0. The number of hydrogen-bond acceptors (Lipinski definition) is 3. The Balaban J connectivity index is 1.85. The Morgan fingerprint density at radius 2 is 1.83 bits per heavy atom. The van der Waals surface area contributed by atoms with Gasteiger partial charge in [0, 0.05) is 22.2 Å². The summed E-state index contributed by atoms with van der Waals surface area (Å²) >= 11 is 6.50. The van der Waals surface area contributed by atoms with Gasteiger partial charge in [-0.05, 0) is 73.0 Å². The Hall–Kier alpha value is -3.50. The van der Waals surface area contributed by atoms with Crippen LogP contribution in [0.1, 0.15) is 18.1 Å². The number of halogens is 1. The first-order valence-electron chi connectivity index (χ1n) is 9.69. The second-order valence-electron chi connectivity index (χ2n) is 7.46. The first kappa shape index (κ1) is 18.5. The van der Waals surface area contributed by atoms with E-state index in [0.717, 1.165) is 55.5 Å². The molecule has 5 rings (SSSR count). The van der Waals surface area contributed by atoms with Gasteiger partial charge in [0.05, 0.1) is 16.7 Å². The van der Waals surface area contributed by atoms with Crippen molar-refractivity contribution in [2.45, 2.75) is 13.8 Å². The van der Waals surface area contributed by atoms with Gasteiger partial charge in [-0.15, -0.1) is 5.10 Å². The van der Waals surface area contributed by atoms with E-state index in [2.05, 4.69) is 47.0 Å². The van der Waals surface area contributed by atoms with Crippen LogP contribution in [0, 0.1) is 6.92 Å². The Labute approximate surface area is 179 Å². The van der Waals surface area contributed by atoms with E-state index in [0.29, 0.717) is 5.02 Å². The molecular weight excluding hydrogens is 392 g/mol. The van der Waals surface area contributed by atoms with Crippen LogP contribution in [0.2, 0.25) is 5.02 Å². The van der Waals surface area contributed by atoms with Gasteiger partial charge in [-0.3, -0.25) is 4.98 Å². The average Bonchev–Trinajstić information content (AvgIpc) is 3.18. The number of aromatic nitrogens is 4. The zero-order valence-electron chi connectivity index (χ0n) is 16.7. The van der Waals surface area contributed by atoms with Crippen LogP contribution in [-0.4, -0.2) is 20.0 Å². The van der Waals surface area contributed by atoms with Crippen molar-refractivity contribution in [1.29, 1.82) is 0 Å². The number of pyridine rings is 1. The predicted octanol–water partition coefficient (Wildman–Crippen LogP) is 6.63. The van der Waals surface area contributed by atoms with Crippen LogP contribution in [0.4, 0.5) is 0 Å². The third-order valence-corrected chi connectivity index (χ3v) is 5.63. The maximum Gasteiger partial charge on any atom is 0.113 e. The van der Waals surface area contributed by atoms with Crippen molar-refractivity contribution in [1.82, 2.24) is 20.0 Å². The molecule has 0 saturated carbocycles. The minimum atomic E-state index is 0.675. The van der Waals surface area contributed by atoms with Crippen LogP contribution in [0.5, 0.6) is 0 Å². The van der Waals surface area contributed by atoms with Gasteiger partial charge < -0.3 is 0 Å². The summed E-state index contributed by atoms with van der Waals surface area (Å²) in [5, 5.41) is 10.4. The van der Waals surface area contributed by atoms with E-state index in [-0.39, 0.29) is 0 Å². The van der Waals surface area contributed by atoms with Crippen molar-refractivity contribution in [2.24, 2.45) is 0 Å². The zero-order chi connectivity index (χ0) is 20.8. The van der Waals surface area contributed by atoms with Crippen molar-refractivity contribution in [3.05, 3.63) is 89.6 Å². The molecule has 2 aromatic heterocycles. The number of rotatable bonds is 3. The number of para-hydroxylation sites is 1. The maximum atomic E-state index is 6.50. The summed E-state index contributed by atoms with van der Waals surface area (Å²) in [7, 11) is 0. The van der Waals surface area contributed by atoms with Crippen LogP contribution in [0.3, 0.4) is 0 Å². The molecule has 0 aliphatic rings. The van der Waals surface area contributed by atoms with Gasteiger partial charge in [0.25, 0.3) is 0 Å². The van der Waals surface area contributed by atoms with Gasteiger partial charge in [-0.2, -0.15) is 0 Å². The smallest absolute Gasteiger partial charge is 0.113 e. The van der Waals surface area contributed by atoms with E-state index in [1.54, 1.807) is 0 Å². The average molecular weight is 411 g/mol. The molecule has 0 fully saturated rings. The Morgan fingerprint density at radius 3 is 2.67 bits per heavy atom. The van der Waals surface area contributed by atoms with E-state index in [9.17, 15) is 0 Å². The molecule has 0 saturated heterocycles. The SMILES string of the molecule is C=C(C)c1cc(Cl)cc(-c2cc(-n3nnc4ccccc43)cc3cccnc23)c1C. The van der Waals surface area contributed by atoms with Crippen molar-refractivity contribution < 1.29 is 0 Å². The number of fused-ring (bicyclic) bond motifs is 2. The monoisotopic (exact) mass is 410 g/mol. The number of benzene rings is 3. The fourth-order valence-corrected chi connectivity index (χ4v) is 4.18. The normalized spacial score (nSPS) is 11.3. The molecule has 2 heterocycles. The molecule has 5 heteroatoms. The molecule has 4 nitrogen and oxygen atoms in total. The topological polar surface area (TPSA) is 43.6 Å². The van der Waals surface area contributed by atoms with Gasteiger partial charge in [0.1, 0.15) is 5.52 Å². The summed E-state index contributed by atoms with van der Waals surface area (Å²) in [6.07, 6.45) is 1.82. The molecule has 0 aliphatic heterocycles. The molecule has 0 amide bonds. The summed E-state index contributed by atoms with van der Waals surface area (Å²) in [6, 6.07) is 20.1. The van der Waals surface area contributed by atoms with Crippen molar-refractivity contribution >= 4 is 39.1 Å². The Bertz CT molecular complexity index is 1450. The number of nitrogens with zero attached hydrogens (tertiary/aromatic N) is 4. The molecule has 0 unspecified atom stereocenters. The molecular formula is C25H19ClN4. The van der Waals surface area contributed by atoms with E-state index in [1.807, 2.05) is 60.3 Å². The lowest BCUT2D eigenvalue weighted by atomic mass is 9.92. The summed E-state index contributed by atoms with van der Waals surface area (Å²) < 4.78 is 1.87. The molecule has 0 N–H and O–H groups in total. The lowest BCUT2D eigenvalue weighted by molar-refractivity contribution is 0.825. The van der Waals surface area contributed by atoms with Crippen molar-refractivity contribution in [3.63, 3.8) is 0 Å². The van der Waals surface area contributed by atoms with Crippen molar-refractivity contribution in [2.75, 3.05) is 0 Å². The van der Waals surface area contributed by atoms with Gasteiger partial charge in [0.2, 0.25) is 0 Å². The molecule has 0 aliphatic carbocycles. The highest BCUT2D eigenvalue weighted by molar-refractivity contribution is 6.31. The van der Waals surface area contributed by atoms with Gasteiger partial charge in [0.15, 0.2) is 0 Å². The van der Waals surface area contributed by atoms with Gasteiger partial charge in [-0.25, -0.2) is 4.68 Å². The highest BCUT2D eigenvalue weighted by atomic mass is 35.5. The second-order valence-corrected chi connectivity index (χ2v) is 7.90. The predicted molar refractivity (Wildman–Crippen MR) is 124 cm³/mol. The highest BCUT2D eigenvalue weighted by Crippen LogP contribution is 2.37. The first-order valence-corrected chi connectivity index (χ1v) is 10.1. The zero-order valence-corrected chi connectivity index (χ0v) is 17.5. The first-order chi connectivity index (χ1) is 14.5. The molecule has 5 aromatic rings. The molecule has 0 bridgehead atoms. The van der Waals surface area contributed by atoms with Crippen LogP contribution >= 0.6 is 11.6 Å².